The van der Waals surface area contributed by atoms with Crippen molar-refractivity contribution < 1.29 is 13.5 Å². The quantitative estimate of drug-likeness (QED) is 0.758. The van der Waals surface area contributed by atoms with Gasteiger partial charge in [-0.25, -0.2) is 8.42 Å². The molecular formula is C15H22N2O3S. The van der Waals surface area contributed by atoms with E-state index in [-0.39, 0.29) is 18.0 Å². The Morgan fingerprint density at radius 1 is 1.38 bits per heavy atom. The number of hydrogen-bond donors (Lipinski definition) is 2. The second-order valence-electron chi connectivity index (χ2n) is 4.56. The number of aryl methyl sites for hydroxylation is 1. The summed E-state index contributed by atoms with van der Waals surface area (Å²) >= 11 is 0. The third-order valence-electron chi connectivity index (χ3n) is 3.06. The van der Waals surface area contributed by atoms with Crippen LogP contribution < -0.4 is 5.73 Å². The highest BCUT2D eigenvalue weighted by Gasteiger charge is 2.24. The molecule has 0 aliphatic heterocycles. The van der Waals surface area contributed by atoms with E-state index in [2.05, 4.69) is 11.8 Å². The molecule has 0 aliphatic rings. The second-order valence-corrected chi connectivity index (χ2v) is 6.47. The predicted octanol–water partition coefficient (Wildman–Crippen LogP) is 0.698. The standard InChI is InChI=1S/C15H22N2O3S/c1-3-17(10-5-11-18)21(19,20)15-12-14(6-4-9-16)8-7-13(15)2/h7-8,12,18H,3,5,9-11,16H2,1-2H3. The molecule has 0 bridgehead atoms. The van der Waals surface area contributed by atoms with Crippen LogP contribution in [0.3, 0.4) is 0 Å². The molecular weight excluding hydrogens is 288 g/mol. The van der Waals surface area contributed by atoms with Crippen LogP contribution in [0, 0.1) is 18.8 Å². The number of aliphatic hydroxyl groups is 1. The summed E-state index contributed by atoms with van der Waals surface area (Å²) in [6, 6.07) is 5.10. The van der Waals surface area contributed by atoms with Crippen molar-refractivity contribution in [1.29, 1.82) is 0 Å². The van der Waals surface area contributed by atoms with Crippen molar-refractivity contribution in [3.05, 3.63) is 29.3 Å². The summed E-state index contributed by atoms with van der Waals surface area (Å²) < 4.78 is 26.7. The summed E-state index contributed by atoms with van der Waals surface area (Å²) in [6.45, 7) is 4.39. The first-order valence-electron chi connectivity index (χ1n) is 6.88. The van der Waals surface area contributed by atoms with Crippen molar-refractivity contribution in [2.24, 2.45) is 5.73 Å². The lowest BCUT2D eigenvalue weighted by Gasteiger charge is -2.21. The molecule has 0 amide bonds. The second kappa shape index (κ2) is 8.15. The molecule has 1 rings (SSSR count). The van der Waals surface area contributed by atoms with Gasteiger partial charge < -0.3 is 10.8 Å². The van der Waals surface area contributed by atoms with Crippen molar-refractivity contribution >= 4 is 10.0 Å². The molecule has 1 aromatic carbocycles. The Morgan fingerprint density at radius 3 is 2.67 bits per heavy atom. The van der Waals surface area contributed by atoms with Crippen LogP contribution in [-0.2, 0) is 10.0 Å². The zero-order chi connectivity index (χ0) is 15.9. The van der Waals surface area contributed by atoms with E-state index in [1.165, 1.54) is 4.31 Å². The van der Waals surface area contributed by atoms with Gasteiger partial charge in [0.1, 0.15) is 0 Å². The Balaban J connectivity index is 3.22. The minimum atomic E-state index is -3.58. The minimum Gasteiger partial charge on any atom is -0.396 e. The summed E-state index contributed by atoms with van der Waals surface area (Å²) in [5.74, 6) is 5.56. The van der Waals surface area contributed by atoms with E-state index in [9.17, 15) is 8.42 Å². The van der Waals surface area contributed by atoms with Crippen LogP contribution in [0.25, 0.3) is 0 Å². The SMILES string of the molecule is CCN(CCCO)S(=O)(=O)c1cc(C#CCN)ccc1C. The monoisotopic (exact) mass is 310 g/mol. The summed E-state index contributed by atoms with van der Waals surface area (Å²) in [5.41, 5.74) is 6.64. The van der Waals surface area contributed by atoms with E-state index in [4.69, 9.17) is 10.8 Å². The molecule has 0 aromatic heterocycles. The minimum absolute atomic E-state index is 0.0347. The molecule has 1 aromatic rings. The highest BCUT2D eigenvalue weighted by molar-refractivity contribution is 7.89. The maximum absolute atomic E-state index is 12.7. The number of nitrogens with zero attached hydrogens (tertiary/aromatic N) is 1. The zero-order valence-corrected chi connectivity index (χ0v) is 13.3. The van der Waals surface area contributed by atoms with E-state index in [1.54, 1.807) is 32.0 Å². The van der Waals surface area contributed by atoms with E-state index in [0.29, 0.717) is 30.6 Å². The summed E-state index contributed by atoms with van der Waals surface area (Å²) in [4.78, 5) is 0.256. The number of rotatable bonds is 6. The third-order valence-corrected chi connectivity index (χ3v) is 5.18. The van der Waals surface area contributed by atoms with Crippen molar-refractivity contribution in [3.8, 4) is 11.8 Å². The molecule has 116 valence electrons. The van der Waals surface area contributed by atoms with Crippen molar-refractivity contribution in [1.82, 2.24) is 4.31 Å². The van der Waals surface area contributed by atoms with Gasteiger partial charge in [-0.2, -0.15) is 4.31 Å². The molecule has 0 radical (unpaired) electrons. The summed E-state index contributed by atoms with van der Waals surface area (Å²) in [7, 11) is -3.58. The first-order valence-corrected chi connectivity index (χ1v) is 8.32. The average Bonchev–Trinajstić information content (AvgIpc) is 2.46. The Morgan fingerprint density at radius 2 is 2.10 bits per heavy atom. The van der Waals surface area contributed by atoms with E-state index < -0.39 is 10.0 Å². The van der Waals surface area contributed by atoms with Gasteiger partial charge in [0.2, 0.25) is 10.0 Å². The normalized spacial score (nSPS) is 11.3. The van der Waals surface area contributed by atoms with E-state index in [0.717, 1.165) is 0 Å². The Hall–Kier alpha value is -1.39. The molecule has 21 heavy (non-hydrogen) atoms. The zero-order valence-electron chi connectivity index (χ0n) is 12.5. The van der Waals surface area contributed by atoms with Gasteiger partial charge >= 0.3 is 0 Å². The van der Waals surface area contributed by atoms with E-state index in [1.807, 2.05) is 0 Å². The maximum Gasteiger partial charge on any atom is 0.243 e. The van der Waals surface area contributed by atoms with Gasteiger partial charge in [0.25, 0.3) is 0 Å². The van der Waals surface area contributed by atoms with Crippen molar-refractivity contribution in [3.63, 3.8) is 0 Å². The van der Waals surface area contributed by atoms with Crippen LogP contribution in [0.4, 0.5) is 0 Å². The van der Waals surface area contributed by atoms with Gasteiger partial charge in [-0.05, 0) is 31.0 Å². The van der Waals surface area contributed by atoms with Gasteiger partial charge in [-0.1, -0.05) is 24.8 Å². The third kappa shape index (κ3) is 4.55. The fraction of sp³-hybridized carbons (Fsp3) is 0.467. The molecule has 3 N–H and O–H groups in total. The number of hydrogen-bond acceptors (Lipinski definition) is 4. The topological polar surface area (TPSA) is 83.6 Å². The Labute approximate surface area is 126 Å². The van der Waals surface area contributed by atoms with Gasteiger partial charge in [0, 0.05) is 25.3 Å². The van der Waals surface area contributed by atoms with Crippen LogP contribution in [-0.4, -0.2) is 44.1 Å². The molecule has 0 fully saturated rings. The molecule has 0 unspecified atom stereocenters. The van der Waals surface area contributed by atoms with Crippen molar-refractivity contribution in [2.45, 2.75) is 25.2 Å². The summed E-state index contributed by atoms with van der Waals surface area (Å²) in [6.07, 6.45) is 0.415. The van der Waals surface area contributed by atoms with Gasteiger partial charge in [0.05, 0.1) is 11.4 Å². The maximum atomic E-state index is 12.7. The first-order chi connectivity index (χ1) is 9.97. The van der Waals surface area contributed by atoms with Crippen LogP contribution in [0.15, 0.2) is 23.1 Å². The van der Waals surface area contributed by atoms with Crippen LogP contribution in [0.2, 0.25) is 0 Å². The lowest BCUT2D eigenvalue weighted by Crippen LogP contribution is -2.32. The van der Waals surface area contributed by atoms with Crippen LogP contribution in [0.5, 0.6) is 0 Å². The number of nitrogens with two attached hydrogens (primary N) is 1. The summed E-state index contributed by atoms with van der Waals surface area (Å²) in [5, 5.41) is 8.89. The average molecular weight is 310 g/mol. The molecule has 0 saturated heterocycles. The molecule has 0 aliphatic carbocycles. The smallest absolute Gasteiger partial charge is 0.243 e. The fourth-order valence-corrected chi connectivity index (χ4v) is 3.68. The molecule has 5 nitrogen and oxygen atoms in total. The highest BCUT2D eigenvalue weighted by atomic mass is 32.2. The first kappa shape index (κ1) is 17.7. The van der Waals surface area contributed by atoms with Crippen LogP contribution >= 0.6 is 0 Å². The lowest BCUT2D eigenvalue weighted by molar-refractivity contribution is 0.271. The van der Waals surface area contributed by atoms with Gasteiger partial charge in [-0.15, -0.1) is 0 Å². The fourth-order valence-electron chi connectivity index (χ4n) is 1.94. The number of sulfonamides is 1. The molecule has 0 atom stereocenters. The largest absolute Gasteiger partial charge is 0.396 e. The predicted molar refractivity (Wildman–Crippen MR) is 83.2 cm³/mol. The van der Waals surface area contributed by atoms with Gasteiger partial charge in [0.15, 0.2) is 0 Å². The number of benzene rings is 1. The number of aliphatic hydroxyl groups excluding tert-OH is 1. The van der Waals surface area contributed by atoms with Gasteiger partial charge in [-0.3, -0.25) is 0 Å². The lowest BCUT2D eigenvalue weighted by atomic mass is 10.1. The Bertz CT molecular complexity index is 630. The molecule has 0 heterocycles. The molecule has 0 saturated carbocycles. The van der Waals surface area contributed by atoms with E-state index >= 15 is 0 Å². The molecule has 6 heteroatoms. The van der Waals surface area contributed by atoms with Crippen molar-refractivity contribution in [2.75, 3.05) is 26.2 Å². The highest BCUT2D eigenvalue weighted by Crippen LogP contribution is 2.21. The Kier molecular flexibility index (Phi) is 6.85. The molecule has 0 spiro atoms. The van der Waals surface area contributed by atoms with Crippen LogP contribution in [0.1, 0.15) is 24.5 Å².